The molecule has 0 aliphatic carbocycles. The number of aryl methyl sites for hydroxylation is 2. The van der Waals surface area contributed by atoms with Crippen molar-refractivity contribution in [2.45, 2.75) is 31.8 Å². The molecule has 1 aliphatic heterocycles. The molecule has 0 saturated carbocycles. The first-order valence-corrected chi connectivity index (χ1v) is 10.8. The van der Waals surface area contributed by atoms with Crippen molar-refractivity contribution in [2.24, 2.45) is 5.73 Å². The number of benzene rings is 1. The van der Waals surface area contributed by atoms with Crippen molar-refractivity contribution in [3.63, 3.8) is 0 Å². The molecule has 1 aliphatic rings. The lowest BCUT2D eigenvalue weighted by Crippen LogP contribution is -2.41. The number of halogens is 2. The summed E-state index contributed by atoms with van der Waals surface area (Å²) in [6.07, 6.45) is 4.20. The number of nitrogens with zero attached hydrogens (tertiary/aromatic N) is 2. The minimum absolute atomic E-state index is 0.146. The Labute approximate surface area is 174 Å². The van der Waals surface area contributed by atoms with Crippen LogP contribution in [-0.4, -0.2) is 28.3 Å². The lowest BCUT2D eigenvalue weighted by Gasteiger charge is -2.16. The summed E-state index contributed by atoms with van der Waals surface area (Å²) in [5.41, 5.74) is 8.75. The van der Waals surface area contributed by atoms with E-state index in [0.717, 1.165) is 40.7 Å². The monoisotopic (exact) mass is 462 g/mol. The number of hydrogen-bond donors (Lipinski definition) is 2. The van der Waals surface area contributed by atoms with Gasteiger partial charge in [0.25, 0.3) is 5.91 Å². The first-order valence-electron chi connectivity index (χ1n) is 9.15. The highest BCUT2D eigenvalue weighted by Crippen LogP contribution is 2.38. The second-order valence-corrected chi connectivity index (χ2v) is 8.85. The summed E-state index contributed by atoms with van der Waals surface area (Å²) in [4.78, 5) is 14.7. The Morgan fingerprint density at radius 3 is 3.07 bits per heavy atom. The average molecular weight is 463 g/mol. The summed E-state index contributed by atoms with van der Waals surface area (Å²) >= 11 is 5.09. The zero-order chi connectivity index (χ0) is 19.7. The molecule has 4 rings (SSSR count). The van der Waals surface area contributed by atoms with Gasteiger partial charge >= 0.3 is 0 Å². The topological polar surface area (TPSA) is 72.9 Å². The molecule has 146 valence electrons. The molecule has 5 nitrogen and oxygen atoms in total. The van der Waals surface area contributed by atoms with Crippen LogP contribution in [0.25, 0.3) is 11.3 Å². The number of thiophene rings is 1. The zero-order valence-corrected chi connectivity index (χ0v) is 17.5. The normalized spacial score (nSPS) is 14.1. The molecule has 1 atom stereocenters. The SMILES string of the molecule is NC[C@H](Cc1cccc(F)c1)NC(=O)c1cc2c(s1)CCCn1ncc(Br)c1-2. The van der Waals surface area contributed by atoms with Crippen LogP contribution in [-0.2, 0) is 19.4 Å². The maximum atomic E-state index is 13.4. The second kappa shape index (κ2) is 8.14. The highest BCUT2D eigenvalue weighted by molar-refractivity contribution is 9.10. The van der Waals surface area contributed by atoms with Gasteiger partial charge in [-0.05, 0) is 59.0 Å². The largest absolute Gasteiger partial charge is 0.347 e. The van der Waals surface area contributed by atoms with Gasteiger partial charge in [-0.15, -0.1) is 11.3 Å². The number of amides is 1. The minimum atomic E-state index is -0.288. The first kappa shape index (κ1) is 19.3. The van der Waals surface area contributed by atoms with E-state index in [9.17, 15) is 9.18 Å². The molecule has 0 bridgehead atoms. The number of carbonyl (C=O) groups excluding carboxylic acids is 1. The molecule has 1 amide bonds. The van der Waals surface area contributed by atoms with Gasteiger partial charge in [-0.2, -0.15) is 5.10 Å². The molecule has 0 radical (unpaired) electrons. The van der Waals surface area contributed by atoms with E-state index < -0.39 is 0 Å². The third kappa shape index (κ3) is 3.90. The van der Waals surface area contributed by atoms with Crippen LogP contribution in [0.3, 0.4) is 0 Å². The first-order chi connectivity index (χ1) is 13.5. The number of fused-ring (bicyclic) bond motifs is 3. The van der Waals surface area contributed by atoms with Crippen molar-refractivity contribution in [3.8, 4) is 11.3 Å². The van der Waals surface area contributed by atoms with Gasteiger partial charge in [-0.25, -0.2) is 4.39 Å². The maximum absolute atomic E-state index is 13.4. The smallest absolute Gasteiger partial charge is 0.261 e. The molecule has 3 aromatic rings. The van der Waals surface area contributed by atoms with Gasteiger partial charge in [-0.3, -0.25) is 9.48 Å². The average Bonchev–Trinajstić information content (AvgIpc) is 3.20. The molecule has 2 aromatic heterocycles. The Kier molecular flexibility index (Phi) is 5.61. The highest BCUT2D eigenvalue weighted by Gasteiger charge is 2.24. The van der Waals surface area contributed by atoms with Gasteiger partial charge in [0.05, 0.1) is 21.2 Å². The summed E-state index contributed by atoms with van der Waals surface area (Å²) in [6.45, 7) is 1.15. The summed E-state index contributed by atoms with van der Waals surface area (Å²) in [5.74, 6) is -0.434. The number of nitrogens with two attached hydrogens (primary N) is 1. The van der Waals surface area contributed by atoms with Gasteiger partial charge in [0.1, 0.15) is 5.82 Å². The lowest BCUT2D eigenvalue weighted by molar-refractivity contribution is 0.0942. The van der Waals surface area contributed by atoms with E-state index in [1.54, 1.807) is 12.3 Å². The number of rotatable bonds is 5. The summed E-state index contributed by atoms with van der Waals surface area (Å²) in [6, 6.07) is 8.06. The molecule has 0 fully saturated rings. The zero-order valence-electron chi connectivity index (χ0n) is 15.1. The molecular formula is C20H20BrFN4OS. The minimum Gasteiger partial charge on any atom is -0.347 e. The number of hydrogen-bond acceptors (Lipinski definition) is 4. The molecule has 8 heteroatoms. The third-order valence-corrected chi connectivity index (χ3v) is 6.62. The molecule has 3 heterocycles. The van der Waals surface area contributed by atoms with Crippen LogP contribution in [0.2, 0.25) is 0 Å². The van der Waals surface area contributed by atoms with Crippen LogP contribution in [0.5, 0.6) is 0 Å². The number of nitrogens with one attached hydrogen (secondary N) is 1. The van der Waals surface area contributed by atoms with E-state index in [0.29, 0.717) is 11.3 Å². The summed E-state index contributed by atoms with van der Waals surface area (Å²) in [5, 5.41) is 7.41. The Bertz CT molecular complexity index is 1020. The van der Waals surface area contributed by atoms with Gasteiger partial charge in [0.15, 0.2) is 0 Å². The molecule has 3 N–H and O–H groups in total. The van der Waals surface area contributed by atoms with E-state index in [2.05, 4.69) is 26.3 Å². The van der Waals surface area contributed by atoms with Gasteiger partial charge in [0, 0.05) is 29.6 Å². The van der Waals surface area contributed by atoms with Crippen molar-refractivity contribution in [1.29, 1.82) is 0 Å². The predicted octanol–water partition coefficient (Wildman–Crippen LogP) is 3.76. The van der Waals surface area contributed by atoms with Crippen molar-refractivity contribution in [1.82, 2.24) is 15.1 Å². The quantitative estimate of drug-likeness (QED) is 0.606. The second-order valence-electron chi connectivity index (χ2n) is 6.86. The molecule has 0 saturated heterocycles. The number of carbonyl (C=O) groups is 1. The summed E-state index contributed by atoms with van der Waals surface area (Å²) in [7, 11) is 0. The van der Waals surface area contributed by atoms with Crippen molar-refractivity contribution >= 4 is 33.2 Å². The van der Waals surface area contributed by atoms with E-state index in [4.69, 9.17) is 5.73 Å². The Morgan fingerprint density at radius 2 is 2.29 bits per heavy atom. The fourth-order valence-corrected chi connectivity index (χ4v) is 5.13. The Hall–Kier alpha value is -2.03. The van der Waals surface area contributed by atoms with Gasteiger partial charge in [0.2, 0.25) is 0 Å². The summed E-state index contributed by atoms with van der Waals surface area (Å²) < 4.78 is 16.3. The third-order valence-electron chi connectivity index (χ3n) is 4.85. The predicted molar refractivity (Wildman–Crippen MR) is 112 cm³/mol. The molecular weight excluding hydrogens is 443 g/mol. The van der Waals surface area contributed by atoms with Crippen LogP contribution in [0.4, 0.5) is 4.39 Å². The maximum Gasteiger partial charge on any atom is 0.261 e. The standard InChI is InChI=1S/C20H20BrFN4OS/c21-16-11-24-26-6-2-5-17-15(19(16)26)9-18(28-17)20(27)25-14(10-23)8-12-3-1-4-13(22)7-12/h1,3-4,7,9,11,14H,2,5-6,8,10,23H2,(H,25,27)/t14-/m0/s1. The van der Waals surface area contributed by atoms with Crippen molar-refractivity contribution in [3.05, 3.63) is 62.1 Å². The van der Waals surface area contributed by atoms with Gasteiger partial charge in [-0.1, -0.05) is 12.1 Å². The van der Waals surface area contributed by atoms with E-state index in [1.807, 2.05) is 16.8 Å². The van der Waals surface area contributed by atoms with Crippen LogP contribution in [0, 0.1) is 5.82 Å². The molecule has 1 aromatic carbocycles. The van der Waals surface area contributed by atoms with E-state index in [1.165, 1.54) is 28.3 Å². The Morgan fingerprint density at radius 1 is 1.43 bits per heavy atom. The number of aromatic nitrogens is 2. The molecule has 28 heavy (non-hydrogen) atoms. The van der Waals surface area contributed by atoms with Crippen LogP contribution in [0.1, 0.15) is 26.5 Å². The van der Waals surface area contributed by atoms with Gasteiger partial charge < -0.3 is 11.1 Å². The Balaban J connectivity index is 1.54. The van der Waals surface area contributed by atoms with E-state index >= 15 is 0 Å². The van der Waals surface area contributed by atoms with Crippen molar-refractivity contribution < 1.29 is 9.18 Å². The molecule has 0 unspecified atom stereocenters. The van der Waals surface area contributed by atoms with E-state index in [-0.39, 0.29) is 24.3 Å². The van der Waals surface area contributed by atoms with Crippen LogP contribution in [0.15, 0.2) is 41.0 Å². The van der Waals surface area contributed by atoms with Crippen molar-refractivity contribution in [2.75, 3.05) is 6.54 Å². The van der Waals surface area contributed by atoms with Crippen LogP contribution >= 0.6 is 27.3 Å². The molecule has 0 spiro atoms. The fourth-order valence-electron chi connectivity index (χ4n) is 3.51. The fraction of sp³-hybridized carbons (Fsp3) is 0.300. The van der Waals surface area contributed by atoms with Crippen LogP contribution < -0.4 is 11.1 Å². The lowest BCUT2D eigenvalue weighted by atomic mass is 10.1. The highest BCUT2D eigenvalue weighted by atomic mass is 79.9.